The largest absolute Gasteiger partial charge is 0.348 e. The highest BCUT2D eigenvalue weighted by molar-refractivity contribution is 6.20. The maximum Gasteiger partial charge on any atom is 0.0486 e. The van der Waals surface area contributed by atoms with Crippen LogP contribution < -0.4 is 0 Å². The van der Waals surface area contributed by atoms with E-state index < -0.39 is 0 Å². The van der Waals surface area contributed by atoms with Crippen molar-refractivity contribution < 1.29 is 0 Å². The summed E-state index contributed by atoms with van der Waals surface area (Å²) in [6.07, 6.45) is 21.4. The van der Waals surface area contributed by atoms with Gasteiger partial charge >= 0.3 is 0 Å². The summed E-state index contributed by atoms with van der Waals surface area (Å²) in [5.74, 6) is 0. The van der Waals surface area contributed by atoms with E-state index in [4.69, 9.17) is 0 Å². The number of hydrogen-bond acceptors (Lipinski definition) is 0. The summed E-state index contributed by atoms with van der Waals surface area (Å²) in [6, 6.07) is 24.1. The van der Waals surface area contributed by atoms with Gasteiger partial charge in [0.05, 0.1) is 0 Å². The summed E-state index contributed by atoms with van der Waals surface area (Å²) >= 11 is 0. The number of hydrogen-bond donors (Lipinski definition) is 0. The second-order valence-corrected chi connectivity index (χ2v) is 13.6. The number of unbranched alkanes of at least 4 members (excludes halogenated alkanes) is 12. The first-order chi connectivity index (χ1) is 21.6. The molecule has 0 aliphatic carbocycles. The van der Waals surface area contributed by atoms with Gasteiger partial charge in [-0.1, -0.05) is 115 Å². The summed E-state index contributed by atoms with van der Waals surface area (Å²) in [5.41, 5.74) is 5.65. The predicted molar refractivity (Wildman–Crippen MR) is 195 cm³/mol. The van der Waals surface area contributed by atoms with E-state index in [0.29, 0.717) is 0 Å². The van der Waals surface area contributed by atoms with Crippen molar-refractivity contribution in [3.05, 3.63) is 72.1 Å². The lowest BCUT2D eigenvalue weighted by Crippen LogP contribution is -1.96. The molecule has 0 fully saturated rings. The van der Waals surface area contributed by atoms with Gasteiger partial charge in [-0.15, -0.1) is 0 Å². The Kier molecular flexibility index (Phi) is 9.95. The second-order valence-electron chi connectivity index (χ2n) is 13.6. The van der Waals surface area contributed by atoms with Gasteiger partial charge in [0.15, 0.2) is 0 Å². The van der Waals surface area contributed by atoms with Gasteiger partial charge in [0.2, 0.25) is 0 Å². The molecule has 0 atom stereocenters. The molecule has 0 saturated carbocycles. The van der Waals surface area contributed by atoms with Crippen LogP contribution in [0.25, 0.3) is 54.1 Å². The van der Waals surface area contributed by atoms with Crippen LogP contribution in [0.2, 0.25) is 0 Å². The number of rotatable bonds is 16. The highest BCUT2D eigenvalue weighted by Gasteiger charge is 2.13. The van der Waals surface area contributed by atoms with E-state index in [9.17, 15) is 0 Å². The van der Waals surface area contributed by atoms with Crippen molar-refractivity contribution in [1.29, 1.82) is 0 Å². The molecule has 232 valence electrons. The van der Waals surface area contributed by atoms with E-state index in [2.05, 4.69) is 97.7 Å². The van der Waals surface area contributed by atoms with Crippen molar-refractivity contribution in [2.45, 2.75) is 117 Å². The van der Waals surface area contributed by atoms with Crippen molar-refractivity contribution >= 4 is 54.1 Å². The molecule has 0 amide bonds. The minimum atomic E-state index is 1.18. The number of aromatic nitrogens is 2. The Hall–Kier alpha value is -3.26. The van der Waals surface area contributed by atoms with Crippen LogP contribution in [-0.2, 0) is 26.9 Å². The maximum atomic E-state index is 2.45. The first-order valence-corrected chi connectivity index (χ1v) is 17.9. The van der Waals surface area contributed by atoms with Gasteiger partial charge in [-0.25, -0.2) is 0 Å². The van der Waals surface area contributed by atoms with Gasteiger partial charge in [0, 0.05) is 47.3 Å². The van der Waals surface area contributed by atoms with Gasteiger partial charge in [-0.05, 0) is 94.4 Å². The van der Waals surface area contributed by atoms with Gasteiger partial charge in [0.25, 0.3) is 0 Å². The molecule has 0 saturated heterocycles. The summed E-state index contributed by atoms with van der Waals surface area (Å²) in [6.45, 7) is 4.59. The molecule has 0 N–H and O–H groups in total. The zero-order chi connectivity index (χ0) is 30.5. The van der Waals surface area contributed by atoms with Crippen molar-refractivity contribution in [1.82, 2.24) is 9.13 Å². The van der Waals surface area contributed by atoms with Crippen LogP contribution in [0.15, 0.2) is 60.7 Å². The second kappa shape index (κ2) is 14.2. The normalized spacial score (nSPS) is 12.2. The Morgan fingerprint density at radius 3 is 1.18 bits per heavy atom. The average Bonchev–Trinajstić information content (AvgIpc) is 3.51. The summed E-state index contributed by atoms with van der Waals surface area (Å²) in [5, 5.41) is 10.9. The molecule has 0 aliphatic rings. The molecule has 2 heterocycles. The molecular formula is C42H54N2. The molecule has 0 aliphatic heterocycles. The molecule has 0 unspecified atom stereocenters. The summed E-state index contributed by atoms with van der Waals surface area (Å²) in [4.78, 5) is 0. The van der Waals surface area contributed by atoms with E-state index in [1.807, 2.05) is 0 Å². The van der Waals surface area contributed by atoms with Crippen molar-refractivity contribution in [2.24, 2.45) is 14.1 Å². The van der Waals surface area contributed by atoms with E-state index in [1.54, 1.807) is 0 Å². The first-order valence-electron chi connectivity index (χ1n) is 17.9. The van der Waals surface area contributed by atoms with Gasteiger partial charge in [0.1, 0.15) is 0 Å². The fourth-order valence-electron chi connectivity index (χ4n) is 7.66. The molecule has 2 aromatic heterocycles. The molecule has 2 nitrogen and oxygen atoms in total. The maximum absolute atomic E-state index is 2.45. The van der Waals surface area contributed by atoms with Crippen molar-refractivity contribution in [2.75, 3.05) is 0 Å². The highest BCUT2D eigenvalue weighted by atomic mass is 14.9. The van der Waals surface area contributed by atoms with Crippen LogP contribution in [0.5, 0.6) is 0 Å². The Bertz CT molecular complexity index is 1730. The Morgan fingerprint density at radius 1 is 0.386 bits per heavy atom. The molecule has 6 rings (SSSR count). The number of benzene rings is 4. The van der Waals surface area contributed by atoms with Crippen LogP contribution in [0, 0.1) is 0 Å². The number of fused-ring (bicyclic) bond motifs is 7. The van der Waals surface area contributed by atoms with Crippen LogP contribution >= 0.6 is 0 Å². The van der Waals surface area contributed by atoms with Gasteiger partial charge in [-0.2, -0.15) is 0 Å². The monoisotopic (exact) mass is 586 g/mol. The molecule has 4 aromatic carbocycles. The lowest BCUT2D eigenvalue weighted by molar-refractivity contribution is 0.584. The van der Waals surface area contributed by atoms with Crippen LogP contribution in [0.3, 0.4) is 0 Å². The zero-order valence-electron chi connectivity index (χ0n) is 28.0. The quantitative estimate of drug-likeness (QED) is 0.0788. The predicted octanol–water partition coefficient (Wildman–Crippen LogP) is 12.7. The van der Waals surface area contributed by atoms with Crippen LogP contribution in [-0.4, -0.2) is 9.13 Å². The molecule has 44 heavy (non-hydrogen) atoms. The number of nitrogens with zero attached hydrogens (tertiary/aromatic N) is 2. The average molecular weight is 587 g/mol. The molecule has 2 heteroatoms. The minimum Gasteiger partial charge on any atom is -0.348 e. The molecular weight excluding hydrogens is 532 g/mol. The Balaban J connectivity index is 1.25. The van der Waals surface area contributed by atoms with Gasteiger partial charge < -0.3 is 9.13 Å². The standard InChI is InChI=1S/C42H54N2/c1-5-7-9-11-13-15-17-19-35-25-33-27-39-31(29-41(33)43(35)3)21-23-38-37(39)24-22-32-30-42-34(28-40(32)38)26-36(44(42)4)20-18-16-14-12-10-8-6-2/h21-30H,5-20H2,1-4H3. The topological polar surface area (TPSA) is 9.86 Å². The third-order valence-electron chi connectivity index (χ3n) is 10.4. The van der Waals surface area contributed by atoms with E-state index >= 15 is 0 Å². The lowest BCUT2D eigenvalue weighted by Gasteiger charge is -2.10. The fraction of sp³-hybridized carbons (Fsp3) is 0.476. The Labute approximate surface area is 265 Å². The van der Waals surface area contributed by atoms with Crippen LogP contribution in [0.4, 0.5) is 0 Å². The van der Waals surface area contributed by atoms with Crippen LogP contribution in [0.1, 0.15) is 115 Å². The molecule has 0 spiro atoms. The summed E-state index contributed by atoms with van der Waals surface area (Å²) < 4.78 is 4.87. The smallest absolute Gasteiger partial charge is 0.0486 e. The first kappa shape index (κ1) is 30.8. The number of aryl methyl sites for hydroxylation is 4. The minimum absolute atomic E-state index is 1.18. The van der Waals surface area contributed by atoms with Gasteiger partial charge in [-0.3, -0.25) is 0 Å². The molecule has 0 radical (unpaired) electrons. The molecule has 6 aromatic rings. The Morgan fingerprint density at radius 2 is 0.773 bits per heavy atom. The zero-order valence-corrected chi connectivity index (χ0v) is 28.0. The highest BCUT2D eigenvalue weighted by Crippen LogP contribution is 2.36. The summed E-state index contributed by atoms with van der Waals surface area (Å²) in [7, 11) is 4.51. The third-order valence-corrected chi connectivity index (χ3v) is 10.4. The van der Waals surface area contributed by atoms with Crippen molar-refractivity contribution in [3.63, 3.8) is 0 Å². The van der Waals surface area contributed by atoms with E-state index in [1.165, 1.54) is 168 Å². The van der Waals surface area contributed by atoms with Crippen molar-refractivity contribution in [3.8, 4) is 0 Å². The van der Waals surface area contributed by atoms with E-state index in [-0.39, 0.29) is 0 Å². The molecule has 0 bridgehead atoms. The van der Waals surface area contributed by atoms with E-state index in [0.717, 1.165) is 0 Å². The third kappa shape index (κ3) is 6.42. The lowest BCUT2D eigenvalue weighted by atomic mass is 9.95. The SMILES string of the molecule is CCCCCCCCCc1cc2cc3c(ccc4c5cc6cc(CCCCCCCCC)n(C)c6cc5ccc34)cc2n1C. The fourth-order valence-corrected chi connectivity index (χ4v) is 7.66.